The van der Waals surface area contributed by atoms with Gasteiger partial charge in [0.25, 0.3) is 0 Å². The molecule has 0 aromatic carbocycles. The van der Waals surface area contributed by atoms with Gasteiger partial charge in [-0.1, -0.05) is 0 Å². The minimum absolute atomic E-state index is 0.0796. The summed E-state index contributed by atoms with van der Waals surface area (Å²) in [5.74, 6) is -0.200. The molecule has 0 amide bonds. The molecule has 1 atom stereocenters. The monoisotopic (exact) mass is 364 g/mol. The van der Waals surface area contributed by atoms with Gasteiger partial charge in [0.1, 0.15) is 16.6 Å². The van der Waals surface area contributed by atoms with Crippen molar-refractivity contribution in [1.29, 1.82) is 0 Å². The quantitative estimate of drug-likeness (QED) is 0.682. The van der Waals surface area contributed by atoms with Gasteiger partial charge < -0.3 is 15.0 Å². The molecular formula is C16H20N4O4S. The van der Waals surface area contributed by atoms with Gasteiger partial charge in [-0.3, -0.25) is 4.79 Å². The molecule has 1 spiro atoms. The summed E-state index contributed by atoms with van der Waals surface area (Å²) in [6, 6.07) is 3.39. The number of aromatic nitrogens is 2. The first kappa shape index (κ1) is 16.5. The number of hydrogen-bond donors (Lipinski definition) is 3. The lowest BCUT2D eigenvalue weighted by molar-refractivity contribution is -0.149. The number of carbonyl (C=O) groups excluding carboxylic acids is 1. The van der Waals surface area contributed by atoms with Gasteiger partial charge in [-0.15, -0.1) is 0 Å². The summed E-state index contributed by atoms with van der Waals surface area (Å²) in [5.41, 5.74) is 0.0651. The third kappa shape index (κ3) is 2.92. The summed E-state index contributed by atoms with van der Waals surface area (Å²) in [6.07, 6.45) is 4.63. The van der Waals surface area contributed by atoms with Gasteiger partial charge in [0.2, 0.25) is 10.0 Å². The van der Waals surface area contributed by atoms with Crippen LogP contribution in [-0.2, 0) is 19.6 Å². The van der Waals surface area contributed by atoms with E-state index in [9.17, 15) is 13.2 Å². The van der Waals surface area contributed by atoms with E-state index in [0.717, 1.165) is 25.9 Å². The molecular weight excluding hydrogens is 344 g/mol. The average molecular weight is 364 g/mol. The van der Waals surface area contributed by atoms with E-state index in [-0.39, 0.29) is 17.4 Å². The molecule has 4 rings (SSSR count). The van der Waals surface area contributed by atoms with Crippen LogP contribution >= 0.6 is 0 Å². The number of aromatic amines is 1. The fourth-order valence-corrected chi connectivity index (χ4v) is 4.93. The highest BCUT2D eigenvalue weighted by molar-refractivity contribution is 7.89. The maximum absolute atomic E-state index is 12.6. The van der Waals surface area contributed by atoms with Crippen LogP contribution in [0.2, 0.25) is 0 Å². The van der Waals surface area contributed by atoms with E-state index in [0.29, 0.717) is 17.5 Å². The van der Waals surface area contributed by atoms with E-state index in [1.54, 1.807) is 18.3 Å². The summed E-state index contributed by atoms with van der Waals surface area (Å²) >= 11 is 0. The Balaban J connectivity index is 1.47. The van der Waals surface area contributed by atoms with Crippen molar-refractivity contribution in [2.75, 3.05) is 19.6 Å². The van der Waals surface area contributed by atoms with Crippen molar-refractivity contribution in [2.24, 2.45) is 5.41 Å². The number of piperidine rings is 1. The minimum Gasteiger partial charge on any atom is -0.461 e. The number of H-pyrrole nitrogens is 1. The summed E-state index contributed by atoms with van der Waals surface area (Å²) in [4.78, 5) is 19.3. The number of carbonyl (C=O) groups is 1. The largest absolute Gasteiger partial charge is 0.461 e. The van der Waals surface area contributed by atoms with Gasteiger partial charge in [0.05, 0.1) is 5.41 Å². The van der Waals surface area contributed by atoms with Gasteiger partial charge in [0, 0.05) is 30.7 Å². The second-order valence-electron chi connectivity index (χ2n) is 6.67. The zero-order valence-corrected chi connectivity index (χ0v) is 14.4. The number of rotatable bonds is 4. The van der Waals surface area contributed by atoms with Gasteiger partial charge in [0.15, 0.2) is 0 Å². The molecule has 2 aliphatic heterocycles. The molecule has 8 nitrogen and oxygen atoms in total. The van der Waals surface area contributed by atoms with Crippen LogP contribution in [0.1, 0.15) is 19.3 Å². The van der Waals surface area contributed by atoms with E-state index >= 15 is 0 Å². The molecule has 25 heavy (non-hydrogen) atoms. The van der Waals surface area contributed by atoms with Crippen LogP contribution in [0.3, 0.4) is 0 Å². The highest BCUT2D eigenvalue weighted by atomic mass is 32.2. The Morgan fingerprint density at radius 3 is 2.96 bits per heavy atom. The highest BCUT2D eigenvalue weighted by Crippen LogP contribution is 2.41. The van der Waals surface area contributed by atoms with Crippen LogP contribution in [0.4, 0.5) is 0 Å². The summed E-state index contributed by atoms with van der Waals surface area (Å²) in [6.45, 7) is 1.65. The molecule has 2 fully saturated rings. The fraction of sp³-hybridized carbons (Fsp3) is 0.500. The van der Waals surface area contributed by atoms with E-state index in [1.165, 1.54) is 6.20 Å². The Morgan fingerprint density at radius 1 is 1.36 bits per heavy atom. The second kappa shape index (κ2) is 6.08. The number of cyclic esters (lactones) is 1. The molecule has 1 unspecified atom stereocenters. The molecule has 134 valence electrons. The lowest BCUT2D eigenvalue weighted by atomic mass is 9.76. The van der Waals surface area contributed by atoms with E-state index < -0.39 is 21.5 Å². The smallest absolute Gasteiger partial charge is 0.312 e. The Hall–Kier alpha value is -1.97. The third-order valence-corrected chi connectivity index (χ3v) is 6.55. The summed E-state index contributed by atoms with van der Waals surface area (Å²) in [5, 5.41) is 3.77. The lowest BCUT2D eigenvalue weighted by Gasteiger charge is -2.29. The van der Waals surface area contributed by atoms with Crippen molar-refractivity contribution >= 4 is 27.0 Å². The van der Waals surface area contributed by atoms with Crippen molar-refractivity contribution in [3.8, 4) is 0 Å². The molecule has 0 aliphatic carbocycles. The average Bonchev–Trinajstić information content (AvgIpc) is 3.17. The second-order valence-corrected chi connectivity index (χ2v) is 8.40. The van der Waals surface area contributed by atoms with Gasteiger partial charge in [-0.05, 0) is 38.1 Å². The normalized spacial score (nSPS) is 23.2. The topological polar surface area (TPSA) is 113 Å². The molecule has 0 bridgehead atoms. The minimum atomic E-state index is -3.72. The van der Waals surface area contributed by atoms with E-state index in [4.69, 9.17) is 4.74 Å². The number of esters is 1. The number of hydrogen-bond acceptors (Lipinski definition) is 6. The SMILES string of the molecule is O=C1OC(CNS(=O)(=O)c2c[nH]c3ncccc23)CC12CCNCC2. The van der Waals surface area contributed by atoms with Gasteiger partial charge in [-0.2, -0.15) is 0 Å². The molecule has 2 saturated heterocycles. The van der Waals surface area contributed by atoms with Crippen LogP contribution in [-0.4, -0.2) is 50.1 Å². The molecule has 2 aromatic rings. The van der Waals surface area contributed by atoms with Gasteiger partial charge in [-0.25, -0.2) is 18.1 Å². The first-order valence-electron chi connectivity index (χ1n) is 8.34. The molecule has 9 heteroatoms. The number of pyridine rings is 1. The Kier molecular flexibility index (Phi) is 4.01. The van der Waals surface area contributed by atoms with Crippen LogP contribution in [0.25, 0.3) is 11.0 Å². The molecule has 2 aliphatic rings. The third-order valence-electron chi connectivity index (χ3n) is 5.09. The lowest BCUT2D eigenvalue weighted by Crippen LogP contribution is -2.39. The predicted molar refractivity (Wildman–Crippen MR) is 90.3 cm³/mol. The molecule has 0 saturated carbocycles. The van der Waals surface area contributed by atoms with Gasteiger partial charge >= 0.3 is 5.97 Å². The zero-order chi connectivity index (χ0) is 17.5. The number of ether oxygens (including phenoxy) is 1. The van der Waals surface area contributed by atoms with Crippen molar-refractivity contribution < 1.29 is 17.9 Å². The maximum atomic E-state index is 12.6. The Labute approximate surface area is 145 Å². The first-order valence-corrected chi connectivity index (χ1v) is 9.82. The summed E-state index contributed by atoms with van der Waals surface area (Å²) < 4.78 is 33.2. The number of fused-ring (bicyclic) bond motifs is 1. The number of nitrogens with zero attached hydrogens (tertiary/aromatic N) is 1. The predicted octanol–water partition coefficient (Wildman–Crippen LogP) is 0.526. The number of sulfonamides is 1. The molecule has 2 aromatic heterocycles. The van der Waals surface area contributed by atoms with E-state index in [2.05, 4.69) is 20.0 Å². The van der Waals surface area contributed by atoms with Crippen LogP contribution < -0.4 is 10.0 Å². The fourth-order valence-electron chi connectivity index (χ4n) is 3.70. The van der Waals surface area contributed by atoms with Crippen molar-refractivity contribution in [1.82, 2.24) is 20.0 Å². The standard InChI is InChI=1S/C16H20N4O4S/c21-15-16(3-6-17-7-4-16)8-11(24-15)9-20-25(22,23)13-10-19-14-12(13)2-1-5-18-14/h1-2,5,10-11,17,20H,3-4,6-9H2,(H,18,19). The van der Waals surface area contributed by atoms with Crippen molar-refractivity contribution in [3.05, 3.63) is 24.5 Å². The zero-order valence-electron chi connectivity index (χ0n) is 13.6. The van der Waals surface area contributed by atoms with Crippen LogP contribution in [0.15, 0.2) is 29.4 Å². The van der Waals surface area contributed by atoms with Crippen LogP contribution in [0.5, 0.6) is 0 Å². The summed E-state index contributed by atoms with van der Waals surface area (Å²) in [7, 11) is -3.72. The Morgan fingerprint density at radius 2 is 2.16 bits per heavy atom. The maximum Gasteiger partial charge on any atom is 0.312 e. The molecule has 3 N–H and O–H groups in total. The van der Waals surface area contributed by atoms with Crippen molar-refractivity contribution in [3.63, 3.8) is 0 Å². The molecule has 4 heterocycles. The first-order chi connectivity index (χ1) is 12.0. The molecule has 0 radical (unpaired) electrons. The van der Waals surface area contributed by atoms with E-state index in [1.807, 2.05) is 0 Å². The Bertz CT molecular complexity index is 902. The van der Waals surface area contributed by atoms with Crippen LogP contribution in [0, 0.1) is 5.41 Å². The number of nitrogens with one attached hydrogen (secondary N) is 3. The highest BCUT2D eigenvalue weighted by Gasteiger charge is 2.49. The van der Waals surface area contributed by atoms with Crippen molar-refractivity contribution in [2.45, 2.75) is 30.3 Å².